The molecule has 3 rings (SSSR count). The van der Waals surface area contributed by atoms with Crippen molar-refractivity contribution in [3.63, 3.8) is 0 Å². The van der Waals surface area contributed by atoms with Gasteiger partial charge < -0.3 is 9.67 Å². The summed E-state index contributed by atoms with van der Waals surface area (Å²) >= 11 is 0. The van der Waals surface area contributed by atoms with Crippen LogP contribution in [-0.2, 0) is 4.79 Å². The molecule has 0 bridgehead atoms. The zero-order valence-corrected chi connectivity index (χ0v) is 12.9. The second-order valence-electron chi connectivity index (χ2n) is 5.85. The molecule has 1 aliphatic rings. The van der Waals surface area contributed by atoms with Gasteiger partial charge in [0.25, 0.3) is 0 Å². The lowest BCUT2D eigenvalue weighted by atomic mass is 10.1. The molecule has 1 N–H and O–H groups in total. The van der Waals surface area contributed by atoms with E-state index in [1.807, 2.05) is 17.7 Å². The fraction of sp³-hybridized carbons (Fsp3) is 0.412. The maximum atomic E-state index is 11.3. The quantitative estimate of drug-likeness (QED) is 0.943. The number of likely N-dealkylation sites (tertiary alicyclic amines) is 1. The molecule has 0 spiro atoms. The van der Waals surface area contributed by atoms with Gasteiger partial charge >= 0.3 is 5.97 Å². The highest BCUT2D eigenvalue weighted by Crippen LogP contribution is 2.29. The molecule has 1 fully saturated rings. The summed E-state index contributed by atoms with van der Waals surface area (Å²) in [7, 11) is 0. The van der Waals surface area contributed by atoms with Gasteiger partial charge in [-0.05, 0) is 50.9 Å². The Labute approximate surface area is 130 Å². The zero-order valence-electron chi connectivity index (χ0n) is 12.9. The van der Waals surface area contributed by atoms with E-state index in [1.54, 1.807) is 6.20 Å². The predicted octanol–water partition coefficient (Wildman–Crippen LogP) is 2.79. The second-order valence-corrected chi connectivity index (χ2v) is 5.85. The molecule has 1 unspecified atom stereocenters. The third-order valence-corrected chi connectivity index (χ3v) is 4.56. The lowest BCUT2D eigenvalue weighted by Crippen LogP contribution is -2.37. The summed E-state index contributed by atoms with van der Waals surface area (Å²) in [5.41, 5.74) is 2.22. The van der Waals surface area contributed by atoms with E-state index in [9.17, 15) is 9.90 Å². The van der Waals surface area contributed by atoms with Gasteiger partial charge in [-0.1, -0.05) is 12.1 Å². The molecule has 2 heterocycles. The van der Waals surface area contributed by atoms with E-state index in [0.29, 0.717) is 0 Å². The number of carbonyl (C=O) groups is 1. The summed E-state index contributed by atoms with van der Waals surface area (Å²) in [5.74, 6) is 0.237. The Morgan fingerprint density at radius 1 is 1.36 bits per heavy atom. The van der Waals surface area contributed by atoms with E-state index < -0.39 is 5.97 Å². The van der Waals surface area contributed by atoms with Gasteiger partial charge in [0.15, 0.2) is 0 Å². The van der Waals surface area contributed by atoms with Gasteiger partial charge in [0.2, 0.25) is 0 Å². The maximum absolute atomic E-state index is 11.3. The van der Waals surface area contributed by atoms with Crippen molar-refractivity contribution in [2.45, 2.75) is 38.8 Å². The smallest absolute Gasteiger partial charge is 0.320 e. The fourth-order valence-corrected chi connectivity index (χ4v) is 3.27. The molecule has 2 aromatic rings. The van der Waals surface area contributed by atoms with Gasteiger partial charge in [-0.2, -0.15) is 0 Å². The van der Waals surface area contributed by atoms with E-state index in [2.05, 4.69) is 41.1 Å². The monoisotopic (exact) mass is 299 g/mol. The summed E-state index contributed by atoms with van der Waals surface area (Å²) in [6.07, 6.45) is 5.42. The third kappa shape index (κ3) is 2.64. The van der Waals surface area contributed by atoms with E-state index in [-0.39, 0.29) is 12.1 Å². The highest BCUT2D eigenvalue weighted by atomic mass is 16.4. The third-order valence-electron chi connectivity index (χ3n) is 4.56. The summed E-state index contributed by atoms with van der Waals surface area (Å²) in [5, 5.41) is 9.33. The van der Waals surface area contributed by atoms with Crippen LogP contribution in [0.4, 0.5) is 0 Å². The minimum Gasteiger partial charge on any atom is -0.480 e. The molecule has 1 aromatic heterocycles. The van der Waals surface area contributed by atoms with Gasteiger partial charge in [-0.15, -0.1) is 0 Å². The van der Waals surface area contributed by atoms with Crippen LogP contribution in [0.15, 0.2) is 36.7 Å². The van der Waals surface area contributed by atoms with E-state index >= 15 is 0 Å². The van der Waals surface area contributed by atoms with Gasteiger partial charge in [0.1, 0.15) is 11.9 Å². The molecule has 5 nitrogen and oxygen atoms in total. The largest absolute Gasteiger partial charge is 0.480 e. The highest BCUT2D eigenvalue weighted by Gasteiger charge is 2.33. The van der Waals surface area contributed by atoms with Crippen molar-refractivity contribution in [3.05, 3.63) is 48.0 Å². The minimum atomic E-state index is -0.713. The number of hydrogen-bond donors (Lipinski definition) is 1. The first-order valence-electron chi connectivity index (χ1n) is 7.67. The van der Waals surface area contributed by atoms with Gasteiger partial charge in [0.05, 0.1) is 0 Å². The second kappa shape index (κ2) is 5.93. The van der Waals surface area contributed by atoms with Crippen molar-refractivity contribution >= 4 is 5.97 Å². The van der Waals surface area contributed by atoms with Crippen LogP contribution in [0.2, 0.25) is 0 Å². The maximum Gasteiger partial charge on any atom is 0.320 e. The van der Waals surface area contributed by atoms with Crippen LogP contribution in [0.3, 0.4) is 0 Å². The number of imidazole rings is 1. The minimum absolute atomic E-state index is 0.113. The first-order chi connectivity index (χ1) is 10.6. The molecule has 0 saturated carbocycles. The average Bonchev–Trinajstić information content (AvgIpc) is 3.15. The van der Waals surface area contributed by atoms with Crippen LogP contribution < -0.4 is 0 Å². The van der Waals surface area contributed by atoms with E-state index in [0.717, 1.165) is 36.5 Å². The Bertz CT molecular complexity index is 663. The predicted molar refractivity (Wildman–Crippen MR) is 84.1 cm³/mol. The number of benzene rings is 1. The molecule has 116 valence electrons. The van der Waals surface area contributed by atoms with Crippen molar-refractivity contribution in [2.75, 3.05) is 6.54 Å². The highest BCUT2D eigenvalue weighted by molar-refractivity contribution is 5.73. The summed E-state index contributed by atoms with van der Waals surface area (Å²) in [4.78, 5) is 17.7. The number of carboxylic acids is 1. The van der Waals surface area contributed by atoms with Crippen LogP contribution in [0.25, 0.3) is 5.69 Å². The lowest BCUT2D eigenvalue weighted by molar-refractivity contribution is -0.142. The number of hydrogen-bond acceptors (Lipinski definition) is 3. The number of aliphatic carboxylic acids is 1. The molecule has 0 aliphatic carbocycles. The van der Waals surface area contributed by atoms with E-state index in [1.165, 1.54) is 0 Å². The molecule has 1 aliphatic heterocycles. The van der Waals surface area contributed by atoms with Crippen LogP contribution in [-0.4, -0.2) is 38.1 Å². The van der Waals surface area contributed by atoms with Crippen molar-refractivity contribution in [1.29, 1.82) is 0 Å². The topological polar surface area (TPSA) is 58.4 Å². The number of rotatable bonds is 4. The summed E-state index contributed by atoms with van der Waals surface area (Å²) < 4.78 is 2.03. The number of nitrogens with zero attached hydrogens (tertiary/aromatic N) is 3. The SMILES string of the molecule is Cc1nccn1-c1ccc(C(C)N2CCC[C@H]2C(=O)O)cc1. The van der Waals surface area contributed by atoms with Crippen LogP contribution >= 0.6 is 0 Å². The Balaban J connectivity index is 1.81. The molecular formula is C17H21N3O2. The summed E-state index contributed by atoms with van der Waals surface area (Å²) in [6, 6.07) is 8.04. The van der Waals surface area contributed by atoms with Crippen molar-refractivity contribution in [1.82, 2.24) is 14.5 Å². The number of aryl methyl sites for hydroxylation is 1. The number of aromatic nitrogens is 2. The molecular weight excluding hydrogens is 278 g/mol. The van der Waals surface area contributed by atoms with Gasteiger partial charge in [-0.3, -0.25) is 9.69 Å². The molecule has 0 amide bonds. The molecule has 22 heavy (non-hydrogen) atoms. The first kappa shape index (κ1) is 14.8. The Morgan fingerprint density at radius 3 is 2.68 bits per heavy atom. The van der Waals surface area contributed by atoms with Crippen LogP contribution in [0.1, 0.15) is 37.2 Å². The average molecular weight is 299 g/mol. The van der Waals surface area contributed by atoms with E-state index in [4.69, 9.17) is 0 Å². The van der Waals surface area contributed by atoms with Crippen molar-refractivity contribution < 1.29 is 9.90 Å². The van der Waals surface area contributed by atoms with Gasteiger partial charge in [0, 0.05) is 24.1 Å². The van der Waals surface area contributed by atoms with Gasteiger partial charge in [-0.25, -0.2) is 4.98 Å². The Morgan fingerprint density at radius 2 is 2.09 bits per heavy atom. The zero-order chi connectivity index (χ0) is 15.7. The van der Waals surface area contributed by atoms with Crippen LogP contribution in [0, 0.1) is 6.92 Å². The molecule has 0 radical (unpaired) electrons. The molecule has 1 saturated heterocycles. The standard InChI is InChI=1S/C17H21N3O2/c1-12(19-10-3-4-16(19)17(21)22)14-5-7-15(8-6-14)20-11-9-18-13(20)2/h5-9,11-12,16H,3-4,10H2,1-2H3,(H,21,22)/t12?,16-/m0/s1. The molecule has 1 aromatic carbocycles. The van der Waals surface area contributed by atoms with Crippen molar-refractivity contribution in [3.8, 4) is 5.69 Å². The summed E-state index contributed by atoms with van der Waals surface area (Å²) in [6.45, 7) is 4.90. The van der Waals surface area contributed by atoms with Crippen LogP contribution in [0.5, 0.6) is 0 Å². The molecule has 5 heteroatoms. The molecule has 2 atom stereocenters. The first-order valence-corrected chi connectivity index (χ1v) is 7.67. The Hall–Kier alpha value is -2.14. The number of carboxylic acid groups (broad SMARTS) is 1. The Kier molecular flexibility index (Phi) is 3.98. The normalized spacial score (nSPS) is 20.2. The lowest BCUT2D eigenvalue weighted by Gasteiger charge is -2.28. The van der Waals surface area contributed by atoms with Crippen molar-refractivity contribution in [2.24, 2.45) is 0 Å². The fourth-order valence-electron chi connectivity index (χ4n) is 3.27.